The van der Waals surface area contributed by atoms with Crippen LogP contribution in [-0.4, -0.2) is 28.5 Å². The van der Waals surface area contributed by atoms with Crippen LogP contribution < -0.4 is 5.73 Å². The minimum Gasteiger partial charge on any atom is -0.397 e. The van der Waals surface area contributed by atoms with E-state index < -0.39 is 0 Å². The zero-order chi connectivity index (χ0) is 13.8. The van der Waals surface area contributed by atoms with Crippen molar-refractivity contribution in [2.45, 2.75) is 46.1 Å². The topological polar surface area (TPSA) is 51.3 Å². The third kappa shape index (κ3) is 3.11. The van der Waals surface area contributed by atoms with Gasteiger partial charge in [-0.2, -0.15) is 0 Å². The van der Waals surface area contributed by atoms with Crippen LogP contribution in [0.5, 0.6) is 0 Å². The van der Waals surface area contributed by atoms with Gasteiger partial charge in [-0.25, -0.2) is 0 Å². The third-order valence-electron chi connectivity index (χ3n) is 3.98. The molecule has 1 aliphatic rings. The number of nitrogens with two attached hydrogens (primary N) is 1. The average Bonchev–Trinajstić information content (AvgIpc) is 2.79. The number of aromatic nitrogens is 1. The van der Waals surface area contributed by atoms with Crippen LogP contribution in [0.4, 0.5) is 5.69 Å². The minimum absolute atomic E-state index is 0.142. The summed E-state index contributed by atoms with van der Waals surface area (Å²) in [6.45, 7) is 6.94. The second-order valence-electron chi connectivity index (χ2n) is 5.52. The van der Waals surface area contributed by atoms with E-state index in [1.807, 2.05) is 21.7 Å². The van der Waals surface area contributed by atoms with Gasteiger partial charge in [-0.1, -0.05) is 20.3 Å². The van der Waals surface area contributed by atoms with Crippen molar-refractivity contribution in [3.63, 3.8) is 0 Å². The van der Waals surface area contributed by atoms with E-state index in [2.05, 4.69) is 13.8 Å². The van der Waals surface area contributed by atoms with Crippen LogP contribution in [0, 0.1) is 5.92 Å². The van der Waals surface area contributed by atoms with Crippen molar-refractivity contribution in [3.05, 3.63) is 18.0 Å². The van der Waals surface area contributed by atoms with Crippen LogP contribution in [0.15, 0.2) is 12.3 Å². The number of anilines is 1. The van der Waals surface area contributed by atoms with Crippen molar-refractivity contribution in [3.8, 4) is 0 Å². The summed E-state index contributed by atoms with van der Waals surface area (Å²) in [7, 11) is 0. The Labute approximate surface area is 115 Å². The van der Waals surface area contributed by atoms with E-state index in [0.717, 1.165) is 44.6 Å². The van der Waals surface area contributed by atoms with Gasteiger partial charge in [-0.05, 0) is 31.2 Å². The van der Waals surface area contributed by atoms with Gasteiger partial charge in [0.05, 0.1) is 5.69 Å². The van der Waals surface area contributed by atoms with E-state index in [9.17, 15) is 4.79 Å². The summed E-state index contributed by atoms with van der Waals surface area (Å²) in [5.74, 6) is 0.799. The SMILES string of the molecule is CCCn1cc(N)cc1C(=O)N1CCCC(CC)C1. The molecule has 1 saturated heterocycles. The predicted molar refractivity (Wildman–Crippen MR) is 78.1 cm³/mol. The Morgan fingerprint density at radius 1 is 1.47 bits per heavy atom. The molecule has 0 aliphatic carbocycles. The number of likely N-dealkylation sites (tertiary alicyclic amines) is 1. The Balaban J connectivity index is 2.14. The zero-order valence-electron chi connectivity index (χ0n) is 12.1. The van der Waals surface area contributed by atoms with Crippen molar-refractivity contribution in [2.24, 2.45) is 5.92 Å². The van der Waals surface area contributed by atoms with E-state index >= 15 is 0 Å². The van der Waals surface area contributed by atoms with E-state index in [1.165, 1.54) is 6.42 Å². The van der Waals surface area contributed by atoms with Crippen LogP contribution in [-0.2, 0) is 6.54 Å². The second kappa shape index (κ2) is 6.13. The highest BCUT2D eigenvalue weighted by Crippen LogP contribution is 2.22. The first-order valence-electron chi connectivity index (χ1n) is 7.40. The summed E-state index contributed by atoms with van der Waals surface area (Å²) in [5, 5.41) is 0. The number of nitrogen functional groups attached to an aromatic ring is 1. The van der Waals surface area contributed by atoms with E-state index in [-0.39, 0.29) is 5.91 Å². The number of hydrogen-bond acceptors (Lipinski definition) is 2. The molecule has 1 amide bonds. The number of amides is 1. The van der Waals surface area contributed by atoms with Gasteiger partial charge >= 0.3 is 0 Å². The highest BCUT2D eigenvalue weighted by atomic mass is 16.2. The molecule has 1 atom stereocenters. The van der Waals surface area contributed by atoms with Gasteiger partial charge in [0.25, 0.3) is 5.91 Å². The Hall–Kier alpha value is -1.45. The largest absolute Gasteiger partial charge is 0.397 e. The monoisotopic (exact) mass is 263 g/mol. The molecular formula is C15H25N3O. The summed E-state index contributed by atoms with van der Waals surface area (Å²) in [6, 6.07) is 1.81. The van der Waals surface area contributed by atoms with Gasteiger partial charge in [0.2, 0.25) is 0 Å². The summed E-state index contributed by atoms with van der Waals surface area (Å²) < 4.78 is 1.99. The molecule has 0 saturated carbocycles. The number of aryl methyl sites for hydroxylation is 1. The number of nitrogens with zero attached hydrogens (tertiary/aromatic N) is 2. The molecular weight excluding hydrogens is 238 g/mol. The number of piperidine rings is 1. The maximum Gasteiger partial charge on any atom is 0.270 e. The first-order chi connectivity index (χ1) is 9.15. The molecule has 1 aliphatic heterocycles. The van der Waals surface area contributed by atoms with Crippen LogP contribution in [0.3, 0.4) is 0 Å². The predicted octanol–water partition coefficient (Wildman–Crippen LogP) is 2.74. The fourth-order valence-electron chi connectivity index (χ4n) is 2.88. The van der Waals surface area contributed by atoms with Crippen molar-refractivity contribution in [1.82, 2.24) is 9.47 Å². The number of carbonyl (C=O) groups excluding carboxylic acids is 1. The smallest absolute Gasteiger partial charge is 0.270 e. The molecule has 0 spiro atoms. The van der Waals surface area contributed by atoms with Crippen LogP contribution in [0.1, 0.15) is 50.0 Å². The summed E-state index contributed by atoms with van der Waals surface area (Å²) in [5.41, 5.74) is 7.27. The van der Waals surface area contributed by atoms with Crippen LogP contribution >= 0.6 is 0 Å². The molecule has 0 radical (unpaired) electrons. The molecule has 0 aromatic carbocycles. The van der Waals surface area contributed by atoms with Gasteiger partial charge in [-0.15, -0.1) is 0 Å². The first kappa shape index (κ1) is 14.0. The lowest BCUT2D eigenvalue weighted by Gasteiger charge is -2.32. The van der Waals surface area contributed by atoms with Crippen molar-refractivity contribution in [1.29, 1.82) is 0 Å². The molecule has 1 fully saturated rings. The summed E-state index contributed by atoms with van der Waals surface area (Å²) in [6.07, 6.45) is 6.40. The van der Waals surface area contributed by atoms with E-state index in [1.54, 1.807) is 0 Å². The number of rotatable bonds is 4. The highest BCUT2D eigenvalue weighted by molar-refractivity contribution is 5.94. The van der Waals surface area contributed by atoms with Crippen LogP contribution in [0.2, 0.25) is 0 Å². The molecule has 2 heterocycles. The highest BCUT2D eigenvalue weighted by Gasteiger charge is 2.25. The molecule has 1 aromatic heterocycles. The molecule has 4 nitrogen and oxygen atoms in total. The molecule has 2 rings (SSSR count). The average molecular weight is 263 g/mol. The molecule has 1 unspecified atom stereocenters. The first-order valence-corrected chi connectivity index (χ1v) is 7.40. The van der Waals surface area contributed by atoms with Crippen molar-refractivity contribution >= 4 is 11.6 Å². The van der Waals surface area contributed by atoms with Gasteiger partial charge in [0.15, 0.2) is 0 Å². The van der Waals surface area contributed by atoms with Gasteiger partial charge in [-0.3, -0.25) is 4.79 Å². The van der Waals surface area contributed by atoms with Crippen molar-refractivity contribution in [2.75, 3.05) is 18.8 Å². The van der Waals surface area contributed by atoms with E-state index in [4.69, 9.17) is 5.73 Å². The lowest BCUT2D eigenvalue weighted by Crippen LogP contribution is -2.40. The van der Waals surface area contributed by atoms with E-state index in [0.29, 0.717) is 11.6 Å². The quantitative estimate of drug-likeness (QED) is 0.908. The lowest BCUT2D eigenvalue weighted by atomic mass is 9.95. The van der Waals surface area contributed by atoms with Crippen molar-refractivity contribution < 1.29 is 4.79 Å². The standard InChI is InChI=1S/C15H25N3O/c1-3-7-17-11-13(16)9-14(17)15(19)18-8-5-6-12(4-2)10-18/h9,11-12H,3-8,10,16H2,1-2H3. The fourth-order valence-corrected chi connectivity index (χ4v) is 2.88. The van der Waals surface area contributed by atoms with Gasteiger partial charge < -0.3 is 15.2 Å². The Morgan fingerprint density at radius 3 is 2.95 bits per heavy atom. The fraction of sp³-hybridized carbons (Fsp3) is 0.667. The molecule has 1 aromatic rings. The van der Waals surface area contributed by atoms with Gasteiger partial charge in [0, 0.05) is 25.8 Å². The van der Waals surface area contributed by atoms with Crippen LogP contribution in [0.25, 0.3) is 0 Å². The summed E-state index contributed by atoms with van der Waals surface area (Å²) in [4.78, 5) is 14.6. The molecule has 106 valence electrons. The molecule has 19 heavy (non-hydrogen) atoms. The molecule has 2 N–H and O–H groups in total. The third-order valence-corrected chi connectivity index (χ3v) is 3.98. The minimum atomic E-state index is 0.142. The normalized spacial score (nSPS) is 19.7. The Morgan fingerprint density at radius 2 is 2.26 bits per heavy atom. The number of carbonyl (C=O) groups is 1. The lowest BCUT2D eigenvalue weighted by molar-refractivity contribution is 0.0660. The summed E-state index contributed by atoms with van der Waals surface area (Å²) >= 11 is 0. The Kier molecular flexibility index (Phi) is 4.51. The van der Waals surface area contributed by atoms with Gasteiger partial charge in [0.1, 0.15) is 5.69 Å². The molecule has 0 bridgehead atoms. The maximum atomic E-state index is 12.6. The zero-order valence-corrected chi connectivity index (χ0v) is 12.1. The maximum absolute atomic E-state index is 12.6. The Bertz CT molecular complexity index is 439. The number of hydrogen-bond donors (Lipinski definition) is 1. The second-order valence-corrected chi connectivity index (χ2v) is 5.52. The molecule has 4 heteroatoms.